The molecule has 6 heteroatoms. The summed E-state index contributed by atoms with van der Waals surface area (Å²) in [5, 5.41) is 2.62. The number of amides is 1. The number of aromatic nitrogens is 1. The molecule has 1 saturated heterocycles. The molecule has 5 nitrogen and oxygen atoms in total. The fourth-order valence-corrected chi connectivity index (χ4v) is 3.25. The monoisotopic (exact) mass is 332 g/mol. The quantitative estimate of drug-likeness (QED) is 0.863. The molecule has 0 aliphatic carbocycles. The van der Waals surface area contributed by atoms with Crippen LogP contribution in [0.1, 0.15) is 24.3 Å². The second-order valence-electron chi connectivity index (χ2n) is 5.61. The van der Waals surface area contributed by atoms with Gasteiger partial charge in [0.25, 0.3) is 5.91 Å². The number of nitrogens with zero attached hydrogens (tertiary/aromatic N) is 2. The average Bonchev–Trinajstić information content (AvgIpc) is 3.05. The Bertz CT molecular complexity index is 678. The van der Waals surface area contributed by atoms with Gasteiger partial charge in [-0.15, -0.1) is 11.3 Å². The van der Waals surface area contributed by atoms with E-state index < -0.39 is 0 Å². The summed E-state index contributed by atoms with van der Waals surface area (Å²) < 4.78 is 11.1. The first-order chi connectivity index (χ1) is 11.1. The molecule has 3 rings (SSSR count). The molecule has 2 heterocycles. The molecule has 122 valence electrons. The maximum Gasteiger partial charge on any atom is 0.273 e. The van der Waals surface area contributed by atoms with Crippen molar-refractivity contribution in [2.45, 2.75) is 20.0 Å². The van der Waals surface area contributed by atoms with Crippen molar-refractivity contribution in [1.82, 2.24) is 9.88 Å². The Kier molecular flexibility index (Phi) is 4.93. The molecule has 0 spiro atoms. The van der Waals surface area contributed by atoms with Crippen molar-refractivity contribution in [1.29, 1.82) is 0 Å². The molecule has 0 unspecified atom stereocenters. The molecule has 0 radical (unpaired) electrons. The third kappa shape index (κ3) is 3.71. The van der Waals surface area contributed by atoms with Gasteiger partial charge in [0.15, 0.2) is 0 Å². The second kappa shape index (κ2) is 7.10. The zero-order chi connectivity index (χ0) is 16.2. The number of rotatable bonds is 4. The second-order valence-corrected chi connectivity index (χ2v) is 6.46. The minimum absolute atomic E-state index is 0.0296. The van der Waals surface area contributed by atoms with Crippen LogP contribution in [0.3, 0.4) is 0 Å². The van der Waals surface area contributed by atoms with Gasteiger partial charge in [-0.2, -0.15) is 0 Å². The summed E-state index contributed by atoms with van der Waals surface area (Å²) >= 11 is 1.47. The zero-order valence-electron chi connectivity index (χ0n) is 13.3. The molecule has 1 aliphatic rings. The minimum atomic E-state index is -0.0296. The molecule has 0 bridgehead atoms. The lowest BCUT2D eigenvalue weighted by molar-refractivity contribution is 0.0299. The van der Waals surface area contributed by atoms with Gasteiger partial charge in [0.2, 0.25) is 0 Å². The van der Waals surface area contributed by atoms with Crippen LogP contribution in [0.15, 0.2) is 29.6 Å². The molecule has 1 fully saturated rings. The van der Waals surface area contributed by atoms with Gasteiger partial charge in [-0.05, 0) is 26.0 Å². The first kappa shape index (κ1) is 16.0. The molecule has 1 aromatic heterocycles. The standard InChI is InChI=1S/C17H20N2O3S/c1-12(2)22-15-6-4-3-5-13(15)16-18-14(11-23-16)17(20)19-7-9-21-10-8-19/h3-6,11-12H,7-10H2,1-2H3. The summed E-state index contributed by atoms with van der Waals surface area (Å²) in [5.74, 6) is 0.764. The lowest BCUT2D eigenvalue weighted by atomic mass is 10.2. The van der Waals surface area contributed by atoms with E-state index in [2.05, 4.69) is 4.98 Å². The molecule has 23 heavy (non-hydrogen) atoms. The van der Waals surface area contributed by atoms with Crippen molar-refractivity contribution >= 4 is 17.2 Å². The van der Waals surface area contributed by atoms with Gasteiger partial charge in [-0.1, -0.05) is 12.1 Å². The number of para-hydroxylation sites is 1. The average molecular weight is 332 g/mol. The zero-order valence-corrected chi connectivity index (χ0v) is 14.1. The fraction of sp³-hybridized carbons (Fsp3) is 0.412. The van der Waals surface area contributed by atoms with Crippen molar-refractivity contribution in [3.8, 4) is 16.3 Å². The lowest BCUT2D eigenvalue weighted by Gasteiger charge is -2.25. The summed E-state index contributed by atoms with van der Waals surface area (Å²) in [6.45, 7) is 6.41. The third-order valence-electron chi connectivity index (χ3n) is 3.50. The van der Waals surface area contributed by atoms with Gasteiger partial charge in [-0.3, -0.25) is 4.79 Å². The Morgan fingerprint density at radius 1 is 1.30 bits per heavy atom. The number of hydrogen-bond donors (Lipinski definition) is 0. The van der Waals surface area contributed by atoms with Crippen LogP contribution in [0.4, 0.5) is 0 Å². The van der Waals surface area contributed by atoms with Crippen LogP contribution < -0.4 is 4.74 Å². The number of thiazole rings is 1. The van der Waals surface area contributed by atoms with Gasteiger partial charge in [-0.25, -0.2) is 4.98 Å². The summed E-state index contributed by atoms with van der Waals surface area (Å²) in [6, 6.07) is 7.79. The van der Waals surface area contributed by atoms with E-state index in [-0.39, 0.29) is 12.0 Å². The Balaban J connectivity index is 1.83. The van der Waals surface area contributed by atoms with Crippen LogP contribution in [-0.4, -0.2) is 48.2 Å². The summed E-state index contributed by atoms with van der Waals surface area (Å²) in [7, 11) is 0. The van der Waals surface area contributed by atoms with Crippen LogP contribution in [0, 0.1) is 0 Å². The Hall–Kier alpha value is -1.92. The maximum atomic E-state index is 12.5. The summed E-state index contributed by atoms with van der Waals surface area (Å²) in [5.41, 5.74) is 1.42. The van der Waals surface area contributed by atoms with Gasteiger partial charge < -0.3 is 14.4 Å². The van der Waals surface area contributed by atoms with Crippen LogP contribution in [0.25, 0.3) is 10.6 Å². The van der Waals surface area contributed by atoms with Crippen LogP contribution in [0.2, 0.25) is 0 Å². The molecule has 0 N–H and O–H groups in total. The van der Waals surface area contributed by atoms with E-state index in [0.717, 1.165) is 16.3 Å². The van der Waals surface area contributed by atoms with E-state index >= 15 is 0 Å². The number of benzene rings is 1. The number of morpholine rings is 1. The van der Waals surface area contributed by atoms with Crippen molar-refractivity contribution in [2.24, 2.45) is 0 Å². The Morgan fingerprint density at radius 3 is 2.78 bits per heavy atom. The first-order valence-electron chi connectivity index (χ1n) is 7.74. The van der Waals surface area contributed by atoms with Gasteiger partial charge in [0.05, 0.1) is 24.9 Å². The predicted molar refractivity (Wildman–Crippen MR) is 90.0 cm³/mol. The molecule has 0 atom stereocenters. The van der Waals surface area contributed by atoms with E-state index in [1.165, 1.54) is 11.3 Å². The van der Waals surface area contributed by atoms with Crippen molar-refractivity contribution in [3.05, 3.63) is 35.3 Å². The largest absolute Gasteiger partial charge is 0.490 e. The highest BCUT2D eigenvalue weighted by molar-refractivity contribution is 7.13. The van der Waals surface area contributed by atoms with E-state index in [1.54, 1.807) is 4.90 Å². The number of ether oxygens (including phenoxy) is 2. The summed E-state index contributed by atoms with van der Waals surface area (Å²) in [4.78, 5) is 18.8. The highest BCUT2D eigenvalue weighted by Gasteiger charge is 2.21. The Morgan fingerprint density at radius 2 is 2.04 bits per heavy atom. The third-order valence-corrected chi connectivity index (χ3v) is 4.38. The van der Waals surface area contributed by atoms with Crippen LogP contribution in [-0.2, 0) is 4.74 Å². The van der Waals surface area contributed by atoms with E-state index in [4.69, 9.17) is 9.47 Å². The normalized spacial score (nSPS) is 15.0. The highest BCUT2D eigenvalue weighted by atomic mass is 32.1. The highest BCUT2D eigenvalue weighted by Crippen LogP contribution is 2.33. The molecule has 1 aliphatic heterocycles. The fourth-order valence-electron chi connectivity index (χ4n) is 2.42. The van der Waals surface area contributed by atoms with Crippen molar-refractivity contribution in [3.63, 3.8) is 0 Å². The predicted octanol–water partition coefficient (Wildman–Crippen LogP) is 3.07. The van der Waals surface area contributed by atoms with Crippen molar-refractivity contribution < 1.29 is 14.3 Å². The molecule has 1 aromatic carbocycles. The maximum absolute atomic E-state index is 12.5. The SMILES string of the molecule is CC(C)Oc1ccccc1-c1nc(C(=O)N2CCOCC2)cs1. The molecular weight excluding hydrogens is 312 g/mol. The molecule has 2 aromatic rings. The summed E-state index contributed by atoms with van der Waals surface area (Å²) in [6.07, 6.45) is 0.0885. The van der Waals surface area contributed by atoms with Crippen LogP contribution >= 0.6 is 11.3 Å². The topological polar surface area (TPSA) is 51.7 Å². The molecule has 0 saturated carbocycles. The molecular formula is C17H20N2O3S. The first-order valence-corrected chi connectivity index (χ1v) is 8.61. The van der Waals surface area contributed by atoms with Crippen LogP contribution in [0.5, 0.6) is 5.75 Å². The minimum Gasteiger partial charge on any atom is -0.490 e. The number of hydrogen-bond acceptors (Lipinski definition) is 5. The van der Waals surface area contributed by atoms with Gasteiger partial charge >= 0.3 is 0 Å². The lowest BCUT2D eigenvalue weighted by Crippen LogP contribution is -2.40. The molecule has 1 amide bonds. The smallest absolute Gasteiger partial charge is 0.273 e. The van der Waals surface area contributed by atoms with Gasteiger partial charge in [0.1, 0.15) is 16.5 Å². The van der Waals surface area contributed by atoms with E-state index in [0.29, 0.717) is 32.0 Å². The van der Waals surface area contributed by atoms with Crippen molar-refractivity contribution in [2.75, 3.05) is 26.3 Å². The number of carbonyl (C=O) groups is 1. The van der Waals surface area contributed by atoms with E-state index in [1.807, 2.05) is 43.5 Å². The Labute approximate surface area is 139 Å². The number of carbonyl (C=O) groups excluding carboxylic acids is 1. The van der Waals surface area contributed by atoms with E-state index in [9.17, 15) is 4.79 Å². The van der Waals surface area contributed by atoms with Gasteiger partial charge in [0, 0.05) is 18.5 Å².